The SMILES string of the molecule is COc1cccc(S(=O)(=O)N2CCC(CNC(=O)NC3CCCCCCC3)C2)c1. The molecule has 0 bridgehead atoms. The van der Waals surface area contributed by atoms with Crippen LogP contribution in [0.15, 0.2) is 29.2 Å². The number of nitrogens with one attached hydrogen (secondary N) is 2. The summed E-state index contributed by atoms with van der Waals surface area (Å²) in [5, 5.41) is 6.04. The maximum atomic E-state index is 12.9. The van der Waals surface area contributed by atoms with Crippen LogP contribution in [0.2, 0.25) is 0 Å². The molecule has 1 atom stereocenters. The van der Waals surface area contributed by atoms with E-state index in [2.05, 4.69) is 10.6 Å². The predicted octanol–water partition coefficient (Wildman–Crippen LogP) is 3.12. The molecule has 2 N–H and O–H groups in total. The first-order chi connectivity index (χ1) is 14.0. The minimum Gasteiger partial charge on any atom is -0.497 e. The predicted molar refractivity (Wildman–Crippen MR) is 113 cm³/mol. The van der Waals surface area contributed by atoms with Gasteiger partial charge in [-0.15, -0.1) is 0 Å². The van der Waals surface area contributed by atoms with Crippen LogP contribution in [0, 0.1) is 5.92 Å². The van der Waals surface area contributed by atoms with Crippen molar-refractivity contribution in [2.45, 2.75) is 62.3 Å². The molecule has 1 aliphatic heterocycles. The fraction of sp³-hybridized carbons (Fsp3) is 0.667. The largest absolute Gasteiger partial charge is 0.497 e. The number of ether oxygens (including phenoxy) is 1. The first kappa shape index (κ1) is 21.9. The molecule has 1 aromatic rings. The Bertz CT molecular complexity index is 776. The molecule has 162 valence electrons. The molecule has 1 aromatic carbocycles. The molecule has 0 aromatic heterocycles. The number of rotatable bonds is 6. The smallest absolute Gasteiger partial charge is 0.315 e. The van der Waals surface area contributed by atoms with Gasteiger partial charge in [0.05, 0.1) is 12.0 Å². The van der Waals surface area contributed by atoms with Crippen molar-refractivity contribution in [3.63, 3.8) is 0 Å². The summed E-state index contributed by atoms with van der Waals surface area (Å²) in [6, 6.07) is 6.66. The molecular formula is C21H33N3O4S. The topological polar surface area (TPSA) is 87.7 Å². The van der Waals surface area contributed by atoms with Gasteiger partial charge in [0.1, 0.15) is 5.75 Å². The monoisotopic (exact) mass is 423 g/mol. The van der Waals surface area contributed by atoms with Crippen molar-refractivity contribution < 1.29 is 17.9 Å². The van der Waals surface area contributed by atoms with E-state index in [0.717, 1.165) is 19.3 Å². The Hall–Kier alpha value is -1.80. The second-order valence-electron chi connectivity index (χ2n) is 8.09. The number of carbonyl (C=O) groups is 1. The Balaban J connectivity index is 1.47. The lowest BCUT2D eigenvalue weighted by atomic mass is 9.97. The summed E-state index contributed by atoms with van der Waals surface area (Å²) >= 11 is 0. The summed E-state index contributed by atoms with van der Waals surface area (Å²) in [7, 11) is -2.03. The molecule has 0 spiro atoms. The molecule has 1 saturated carbocycles. The third-order valence-electron chi connectivity index (χ3n) is 5.92. The van der Waals surface area contributed by atoms with Crippen molar-refractivity contribution in [3.8, 4) is 5.75 Å². The number of methoxy groups -OCH3 is 1. The van der Waals surface area contributed by atoms with Crippen molar-refractivity contribution >= 4 is 16.1 Å². The lowest BCUT2D eigenvalue weighted by molar-refractivity contribution is 0.232. The quantitative estimate of drug-likeness (QED) is 0.736. The highest BCUT2D eigenvalue weighted by atomic mass is 32.2. The van der Waals surface area contributed by atoms with E-state index in [-0.39, 0.29) is 22.9 Å². The molecule has 1 unspecified atom stereocenters. The third-order valence-corrected chi connectivity index (χ3v) is 7.78. The van der Waals surface area contributed by atoms with Gasteiger partial charge in [-0.2, -0.15) is 4.31 Å². The fourth-order valence-corrected chi connectivity index (χ4v) is 5.73. The van der Waals surface area contributed by atoms with Gasteiger partial charge >= 0.3 is 6.03 Å². The van der Waals surface area contributed by atoms with Crippen LogP contribution < -0.4 is 15.4 Å². The van der Waals surface area contributed by atoms with Gasteiger partial charge in [-0.05, 0) is 37.3 Å². The Morgan fingerprint density at radius 1 is 1.14 bits per heavy atom. The van der Waals surface area contributed by atoms with Gasteiger partial charge in [0.15, 0.2) is 0 Å². The summed E-state index contributed by atoms with van der Waals surface area (Å²) in [4.78, 5) is 12.5. The second kappa shape index (κ2) is 10.3. The summed E-state index contributed by atoms with van der Waals surface area (Å²) in [6.07, 6.45) is 8.98. The molecule has 29 heavy (non-hydrogen) atoms. The summed E-state index contributed by atoms with van der Waals surface area (Å²) < 4.78 is 32.4. The first-order valence-corrected chi connectivity index (χ1v) is 12.1. The first-order valence-electron chi connectivity index (χ1n) is 10.7. The van der Waals surface area contributed by atoms with Gasteiger partial charge in [-0.25, -0.2) is 13.2 Å². The minimum absolute atomic E-state index is 0.124. The van der Waals surface area contributed by atoms with E-state index >= 15 is 0 Å². The molecular weight excluding hydrogens is 390 g/mol. The molecule has 7 nitrogen and oxygen atoms in total. The standard InChI is InChI=1S/C21H33N3O4S/c1-28-19-10-7-11-20(14-19)29(26,27)24-13-12-17(16-24)15-22-21(25)23-18-8-5-3-2-4-6-9-18/h7,10-11,14,17-18H,2-6,8-9,12-13,15-16H2,1H3,(H2,22,23,25). The molecule has 1 aliphatic carbocycles. The van der Waals surface area contributed by atoms with Crippen molar-refractivity contribution in [1.29, 1.82) is 0 Å². The molecule has 2 fully saturated rings. The van der Waals surface area contributed by atoms with E-state index in [4.69, 9.17) is 4.74 Å². The molecule has 0 radical (unpaired) electrons. The summed E-state index contributed by atoms with van der Waals surface area (Å²) in [6.45, 7) is 1.38. The highest BCUT2D eigenvalue weighted by Gasteiger charge is 2.32. The van der Waals surface area contributed by atoms with E-state index in [1.165, 1.54) is 43.5 Å². The summed E-state index contributed by atoms with van der Waals surface area (Å²) in [5.41, 5.74) is 0. The van der Waals surface area contributed by atoms with Crippen molar-refractivity contribution in [1.82, 2.24) is 14.9 Å². The maximum Gasteiger partial charge on any atom is 0.315 e. The van der Waals surface area contributed by atoms with Crippen LogP contribution in [-0.2, 0) is 10.0 Å². The van der Waals surface area contributed by atoms with E-state index < -0.39 is 10.0 Å². The molecule has 2 aliphatic rings. The number of carbonyl (C=O) groups excluding carboxylic acids is 1. The van der Waals surface area contributed by atoms with Crippen molar-refractivity contribution in [2.75, 3.05) is 26.7 Å². The lowest BCUT2D eigenvalue weighted by Gasteiger charge is -2.22. The number of urea groups is 1. The number of sulfonamides is 1. The van der Waals surface area contributed by atoms with Gasteiger partial charge < -0.3 is 15.4 Å². The number of benzene rings is 1. The van der Waals surface area contributed by atoms with E-state index in [1.807, 2.05) is 0 Å². The normalized spacial score (nSPS) is 21.9. The average Bonchev–Trinajstić information content (AvgIpc) is 3.18. The van der Waals surface area contributed by atoms with Crippen LogP contribution in [0.3, 0.4) is 0 Å². The fourth-order valence-electron chi connectivity index (χ4n) is 4.17. The molecule has 8 heteroatoms. The highest BCUT2D eigenvalue weighted by molar-refractivity contribution is 7.89. The van der Waals surface area contributed by atoms with Crippen molar-refractivity contribution in [2.24, 2.45) is 5.92 Å². The zero-order valence-electron chi connectivity index (χ0n) is 17.2. The molecule has 2 amide bonds. The molecule has 1 heterocycles. The third kappa shape index (κ3) is 6.09. The van der Waals surface area contributed by atoms with Crippen LogP contribution >= 0.6 is 0 Å². The van der Waals surface area contributed by atoms with Gasteiger partial charge in [-0.1, -0.05) is 38.2 Å². The number of hydrogen-bond donors (Lipinski definition) is 2. The Morgan fingerprint density at radius 3 is 2.59 bits per heavy atom. The lowest BCUT2D eigenvalue weighted by Crippen LogP contribution is -2.44. The van der Waals surface area contributed by atoms with Gasteiger partial charge in [0.25, 0.3) is 0 Å². The number of hydrogen-bond acceptors (Lipinski definition) is 4. The van der Waals surface area contributed by atoms with E-state index in [1.54, 1.807) is 24.3 Å². The zero-order valence-corrected chi connectivity index (χ0v) is 18.0. The Labute approximate surface area is 174 Å². The summed E-state index contributed by atoms with van der Waals surface area (Å²) in [5.74, 6) is 0.646. The van der Waals surface area contributed by atoms with Crippen LogP contribution in [0.5, 0.6) is 5.75 Å². The molecule has 3 rings (SSSR count). The van der Waals surface area contributed by atoms with Crippen LogP contribution in [0.1, 0.15) is 51.4 Å². The zero-order chi connectivity index (χ0) is 20.7. The average molecular weight is 424 g/mol. The number of nitrogens with zero attached hydrogens (tertiary/aromatic N) is 1. The van der Waals surface area contributed by atoms with Crippen LogP contribution in [-0.4, -0.2) is 51.5 Å². The second-order valence-corrected chi connectivity index (χ2v) is 10.0. The minimum atomic E-state index is -3.55. The maximum absolute atomic E-state index is 12.9. The Kier molecular flexibility index (Phi) is 7.77. The van der Waals surface area contributed by atoms with Crippen molar-refractivity contribution in [3.05, 3.63) is 24.3 Å². The molecule has 1 saturated heterocycles. The van der Waals surface area contributed by atoms with Crippen LogP contribution in [0.4, 0.5) is 4.79 Å². The van der Waals surface area contributed by atoms with Gasteiger partial charge in [0.2, 0.25) is 10.0 Å². The Morgan fingerprint density at radius 2 is 1.86 bits per heavy atom. The highest BCUT2D eigenvalue weighted by Crippen LogP contribution is 2.26. The van der Waals surface area contributed by atoms with E-state index in [0.29, 0.717) is 25.4 Å². The number of amides is 2. The van der Waals surface area contributed by atoms with Crippen LogP contribution in [0.25, 0.3) is 0 Å². The van der Waals surface area contributed by atoms with E-state index in [9.17, 15) is 13.2 Å². The van der Waals surface area contributed by atoms with Gasteiger partial charge in [0, 0.05) is 31.7 Å². The van der Waals surface area contributed by atoms with Gasteiger partial charge in [-0.3, -0.25) is 0 Å².